The second-order valence-electron chi connectivity index (χ2n) is 3.91. The van der Waals surface area contributed by atoms with Gasteiger partial charge in [0, 0.05) is 0 Å². The number of hydrogen-bond donors (Lipinski definition) is 2. The van der Waals surface area contributed by atoms with Crippen molar-refractivity contribution in [2.45, 2.75) is 25.4 Å². The predicted molar refractivity (Wildman–Crippen MR) is 57.6 cm³/mol. The number of hydrogen-bond acceptors (Lipinski definition) is 3. The smallest absolute Gasteiger partial charge is 0.337 e. The SMILES string of the molecule is COc1ccc(C(O)C(=O)O)c2c1CCC2. The summed E-state index contributed by atoms with van der Waals surface area (Å²) >= 11 is 0. The van der Waals surface area contributed by atoms with Crippen LogP contribution in [0.2, 0.25) is 0 Å². The molecule has 1 aliphatic carbocycles. The summed E-state index contributed by atoms with van der Waals surface area (Å²) < 4.78 is 5.22. The van der Waals surface area contributed by atoms with Crippen molar-refractivity contribution in [3.63, 3.8) is 0 Å². The molecule has 0 spiro atoms. The number of carboxylic acids is 1. The van der Waals surface area contributed by atoms with Gasteiger partial charge in [-0.15, -0.1) is 0 Å². The average molecular weight is 222 g/mol. The van der Waals surface area contributed by atoms with E-state index in [0.29, 0.717) is 5.56 Å². The Hall–Kier alpha value is -1.55. The van der Waals surface area contributed by atoms with Gasteiger partial charge in [0.15, 0.2) is 6.10 Å². The Morgan fingerprint density at radius 1 is 1.38 bits per heavy atom. The molecule has 4 nitrogen and oxygen atoms in total. The van der Waals surface area contributed by atoms with E-state index in [2.05, 4.69) is 0 Å². The zero-order valence-electron chi connectivity index (χ0n) is 9.06. The zero-order chi connectivity index (χ0) is 11.7. The zero-order valence-corrected chi connectivity index (χ0v) is 9.06. The Labute approximate surface area is 93.5 Å². The lowest BCUT2D eigenvalue weighted by atomic mass is 9.98. The number of fused-ring (bicyclic) bond motifs is 1. The van der Waals surface area contributed by atoms with Crippen molar-refractivity contribution in [2.24, 2.45) is 0 Å². The van der Waals surface area contributed by atoms with Crippen LogP contribution >= 0.6 is 0 Å². The molecule has 2 N–H and O–H groups in total. The van der Waals surface area contributed by atoms with Crippen LogP contribution in [0.15, 0.2) is 12.1 Å². The predicted octanol–water partition coefficient (Wildman–Crippen LogP) is 1.30. The first kappa shape index (κ1) is 11.0. The van der Waals surface area contributed by atoms with Crippen LogP contribution in [0.5, 0.6) is 5.75 Å². The maximum Gasteiger partial charge on any atom is 0.337 e. The molecule has 0 aromatic heterocycles. The molecule has 0 heterocycles. The Morgan fingerprint density at radius 2 is 2.06 bits per heavy atom. The molecular weight excluding hydrogens is 208 g/mol. The summed E-state index contributed by atoms with van der Waals surface area (Å²) in [7, 11) is 1.60. The van der Waals surface area contributed by atoms with Gasteiger partial charge < -0.3 is 14.9 Å². The second-order valence-corrected chi connectivity index (χ2v) is 3.91. The highest BCUT2D eigenvalue weighted by atomic mass is 16.5. The summed E-state index contributed by atoms with van der Waals surface area (Å²) in [6, 6.07) is 3.37. The number of aliphatic hydroxyl groups is 1. The van der Waals surface area contributed by atoms with E-state index in [1.807, 2.05) is 0 Å². The van der Waals surface area contributed by atoms with Crippen molar-refractivity contribution in [2.75, 3.05) is 7.11 Å². The van der Waals surface area contributed by atoms with Crippen LogP contribution in [0.1, 0.15) is 29.2 Å². The molecule has 0 amide bonds. The molecule has 1 aromatic rings. The fourth-order valence-electron chi connectivity index (χ4n) is 2.28. The minimum Gasteiger partial charge on any atom is -0.496 e. The lowest BCUT2D eigenvalue weighted by Gasteiger charge is -2.14. The van der Waals surface area contributed by atoms with E-state index in [1.165, 1.54) is 0 Å². The number of rotatable bonds is 3. The number of carboxylic acid groups (broad SMARTS) is 1. The van der Waals surface area contributed by atoms with E-state index < -0.39 is 12.1 Å². The minimum absolute atomic E-state index is 0.501. The number of carbonyl (C=O) groups is 1. The van der Waals surface area contributed by atoms with Crippen molar-refractivity contribution in [1.82, 2.24) is 0 Å². The van der Waals surface area contributed by atoms with E-state index in [0.717, 1.165) is 36.1 Å². The fourth-order valence-corrected chi connectivity index (χ4v) is 2.28. The Morgan fingerprint density at radius 3 is 2.69 bits per heavy atom. The molecule has 1 atom stereocenters. The van der Waals surface area contributed by atoms with Gasteiger partial charge >= 0.3 is 5.97 Å². The number of methoxy groups -OCH3 is 1. The monoisotopic (exact) mass is 222 g/mol. The Kier molecular flexibility index (Phi) is 2.83. The summed E-state index contributed by atoms with van der Waals surface area (Å²) in [5.41, 5.74) is 2.48. The molecule has 2 rings (SSSR count). The van der Waals surface area contributed by atoms with E-state index in [4.69, 9.17) is 9.84 Å². The van der Waals surface area contributed by atoms with Crippen molar-refractivity contribution in [1.29, 1.82) is 0 Å². The first-order valence-electron chi connectivity index (χ1n) is 5.24. The molecule has 0 radical (unpaired) electrons. The maximum atomic E-state index is 10.8. The highest BCUT2D eigenvalue weighted by Crippen LogP contribution is 2.35. The molecule has 1 aromatic carbocycles. The van der Waals surface area contributed by atoms with E-state index in [9.17, 15) is 9.90 Å². The first-order chi connectivity index (χ1) is 7.65. The highest BCUT2D eigenvalue weighted by molar-refractivity contribution is 5.75. The Bertz CT molecular complexity index is 425. The molecule has 86 valence electrons. The van der Waals surface area contributed by atoms with E-state index >= 15 is 0 Å². The molecule has 0 fully saturated rings. The van der Waals surface area contributed by atoms with Gasteiger partial charge in [-0.05, 0) is 42.0 Å². The van der Waals surface area contributed by atoms with Crippen LogP contribution in [-0.2, 0) is 17.6 Å². The van der Waals surface area contributed by atoms with Crippen LogP contribution in [0.4, 0.5) is 0 Å². The summed E-state index contributed by atoms with van der Waals surface area (Å²) in [5, 5.41) is 18.4. The Balaban J connectivity index is 2.49. The van der Waals surface area contributed by atoms with Gasteiger partial charge in [0.05, 0.1) is 7.11 Å². The molecule has 0 saturated carbocycles. The second kappa shape index (κ2) is 4.14. The third-order valence-corrected chi connectivity index (χ3v) is 3.03. The van der Waals surface area contributed by atoms with Gasteiger partial charge in [0.25, 0.3) is 0 Å². The normalized spacial score (nSPS) is 15.6. The van der Waals surface area contributed by atoms with Crippen LogP contribution in [0, 0.1) is 0 Å². The lowest BCUT2D eigenvalue weighted by molar-refractivity contribution is -0.147. The van der Waals surface area contributed by atoms with Gasteiger partial charge in [0.2, 0.25) is 0 Å². The molecule has 1 unspecified atom stereocenters. The number of benzene rings is 1. The van der Waals surface area contributed by atoms with Crippen LogP contribution in [-0.4, -0.2) is 23.3 Å². The largest absolute Gasteiger partial charge is 0.496 e. The van der Waals surface area contributed by atoms with Crippen LogP contribution in [0.3, 0.4) is 0 Å². The fraction of sp³-hybridized carbons (Fsp3) is 0.417. The molecule has 16 heavy (non-hydrogen) atoms. The van der Waals surface area contributed by atoms with Crippen LogP contribution in [0.25, 0.3) is 0 Å². The standard InChI is InChI=1S/C12H14O4/c1-16-10-6-5-9(11(13)12(14)15)7-3-2-4-8(7)10/h5-6,11,13H,2-4H2,1H3,(H,14,15). The van der Waals surface area contributed by atoms with Crippen molar-refractivity contribution in [3.8, 4) is 5.75 Å². The lowest BCUT2D eigenvalue weighted by Crippen LogP contribution is -2.13. The van der Waals surface area contributed by atoms with Gasteiger partial charge in [-0.1, -0.05) is 6.07 Å². The van der Waals surface area contributed by atoms with Crippen molar-refractivity contribution >= 4 is 5.97 Å². The number of aliphatic carboxylic acids is 1. The van der Waals surface area contributed by atoms with Gasteiger partial charge in [-0.3, -0.25) is 0 Å². The highest BCUT2D eigenvalue weighted by Gasteiger charge is 2.25. The van der Waals surface area contributed by atoms with Gasteiger partial charge in [-0.25, -0.2) is 4.79 Å². The molecular formula is C12H14O4. The number of ether oxygens (including phenoxy) is 1. The van der Waals surface area contributed by atoms with Gasteiger partial charge in [-0.2, -0.15) is 0 Å². The summed E-state index contributed by atoms with van der Waals surface area (Å²) in [4.78, 5) is 10.8. The molecule has 4 heteroatoms. The quantitative estimate of drug-likeness (QED) is 0.809. The first-order valence-corrected chi connectivity index (χ1v) is 5.24. The average Bonchev–Trinajstić information content (AvgIpc) is 2.75. The van der Waals surface area contributed by atoms with Crippen LogP contribution < -0.4 is 4.74 Å². The number of aliphatic hydroxyl groups excluding tert-OH is 1. The molecule has 0 saturated heterocycles. The molecule has 1 aliphatic rings. The summed E-state index contributed by atoms with van der Waals surface area (Å²) in [6.45, 7) is 0. The van der Waals surface area contributed by atoms with Crippen molar-refractivity contribution < 1.29 is 19.7 Å². The third kappa shape index (κ3) is 1.65. The summed E-state index contributed by atoms with van der Waals surface area (Å²) in [6.07, 6.45) is 1.25. The van der Waals surface area contributed by atoms with E-state index in [1.54, 1.807) is 19.2 Å². The van der Waals surface area contributed by atoms with E-state index in [-0.39, 0.29) is 0 Å². The maximum absolute atomic E-state index is 10.8. The topological polar surface area (TPSA) is 66.8 Å². The minimum atomic E-state index is -1.43. The molecule has 0 bridgehead atoms. The molecule has 0 aliphatic heterocycles. The van der Waals surface area contributed by atoms with Crippen molar-refractivity contribution in [3.05, 3.63) is 28.8 Å². The summed E-state index contributed by atoms with van der Waals surface area (Å²) in [5.74, 6) is -0.423. The third-order valence-electron chi connectivity index (χ3n) is 3.03. The van der Waals surface area contributed by atoms with Gasteiger partial charge in [0.1, 0.15) is 5.75 Å².